The number of nitrogens with one attached hydrogen (secondary N) is 2. The van der Waals surface area contributed by atoms with Gasteiger partial charge in [-0.25, -0.2) is 0 Å². The predicted molar refractivity (Wildman–Crippen MR) is 135 cm³/mol. The normalized spacial score (nSPS) is 15.6. The van der Waals surface area contributed by atoms with Crippen LogP contribution >= 0.6 is 11.3 Å². The molecule has 0 saturated heterocycles. The molecule has 0 aliphatic heterocycles. The zero-order valence-electron chi connectivity index (χ0n) is 19.4. The Morgan fingerprint density at radius 2 is 2.00 bits per heavy atom. The largest absolute Gasteiger partial charge is 0.322 e. The zero-order chi connectivity index (χ0) is 23.7. The fourth-order valence-electron chi connectivity index (χ4n) is 4.81. The van der Waals surface area contributed by atoms with Crippen molar-refractivity contribution in [3.05, 3.63) is 58.2 Å². The van der Waals surface area contributed by atoms with Gasteiger partial charge >= 0.3 is 0 Å². The van der Waals surface area contributed by atoms with Gasteiger partial charge in [0.25, 0.3) is 0 Å². The van der Waals surface area contributed by atoms with Crippen molar-refractivity contribution < 1.29 is 0 Å². The molecule has 4 N–H and O–H groups in total. The highest BCUT2D eigenvalue weighted by Crippen LogP contribution is 2.31. The van der Waals surface area contributed by atoms with Crippen LogP contribution in [0.15, 0.2) is 42.9 Å². The molecule has 3 heterocycles. The van der Waals surface area contributed by atoms with Gasteiger partial charge in [-0.05, 0) is 36.1 Å². The van der Waals surface area contributed by atoms with Gasteiger partial charge in [-0.15, -0.1) is 0 Å². The second-order valence-electron chi connectivity index (χ2n) is 9.28. The first kappa shape index (κ1) is 22.6. The van der Waals surface area contributed by atoms with Gasteiger partial charge in [-0.1, -0.05) is 49.5 Å². The molecule has 1 aromatic carbocycles. The molecule has 1 atom stereocenters. The van der Waals surface area contributed by atoms with Crippen LogP contribution in [0, 0.1) is 16.7 Å². The van der Waals surface area contributed by atoms with Crippen molar-refractivity contribution in [1.82, 2.24) is 24.5 Å². The van der Waals surface area contributed by atoms with E-state index in [4.69, 9.17) is 16.6 Å². The maximum atomic E-state index is 8.62. The van der Waals surface area contributed by atoms with Crippen LogP contribution in [0.1, 0.15) is 55.1 Å². The third-order valence-corrected chi connectivity index (χ3v) is 7.59. The number of hydrogen-bond donors (Lipinski definition) is 3. The van der Waals surface area contributed by atoms with Crippen LogP contribution in [-0.2, 0) is 13.5 Å². The fraction of sp³-hybridized carbons (Fsp3) is 0.400. The minimum absolute atomic E-state index is 0.163. The van der Waals surface area contributed by atoms with Crippen LogP contribution < -0.4 is 10.5 Å². The van der Waals surface area contributed by atoms with Gasteiger partial charge in [0.1, 0.15) is 10.8 Å². The first-order chi connectivity index (χ1) is 16.5. The molecule has 176 valence electrons. The molecule has 1 saturated carbocycles. The molecule has 3 aromatic heterocycles. The van der Waals surface area contributed by atoms with E-state index in [-0.39, 0.29) is 16.7 Å². The number of hydrogen-bond acceptors (Lipinski definition) is 7. The average molecular weight is 475 g/mol. The Balaban J connectivity index is 1.32. The molecule has 1 aliphatic rings. The Morgan fingerprint density at radius 1 is 1.18 bits per heavy atom. The van der Waals surface area contributed by atoms with Crippen LogP contribution in [0.2, 0.25) is 0 Å². The molecule has 0 amide bonds. The molecule has 0 bridgehead atoms. The lowest BCUT2D eigenvalue weighted by Gasteiger charge is -2.23. The van der Waals surface area contributed by atoms with E-state index >= 15 is 0 Å². The van der Waals surface area contributed by atoms with E-state index in [1.807, 2.05) is 37.8 Å². The fourth-order valence-corrected chi connectivity index (χ4v) is 5.62. The number of pyridine rings is 1. The highest BCUT2D eigenvalue weighted by molar-refractivity contribution is 7.08. The lowest BCUT2D eigenvalue weighted by molar-refractivity contribution is 0.318. The third kappa shape index (κ3) is 4.85. The lowest BCUT2D eigenvalue weighted by Crippen LogP contribution is -2.25. The molecule has 5 rings (SSSR count). The minimum Gasteiger partial charge on any atom is -0.322 e. The number of aromatic nitrogens is 5. The van der Waals surface area contributed by atoms with Crippen molar-refractivity contribution in [2.24, 2.45) is 18.7 Å². The summed E-state index contributed by atoms with van der Waals surface area (Å²) in [5.41, 5.74) is 10.4. The Labute approximate surface area is 202 Å². The number of rotatable bonds is 6. The number of aryl methyl sites for hydroxylation is 1. The predicted octanol–water partition coefficient (Wildman–Crippen LogP) is 4.41. The van der Waals surface area contributed by atoms with Crippen molar-refractivity contribution in [2.75, 3.05) is 0 Å². The maximum Gasteiger partial charge on any atom is 0.206 e. The van der Waals surface area contributed by atoms with Crippen LogP contribution in [0.4, 0.5) is 0 Å². The molecule has 0 radical (unpaired) electrons. The summed E-state index contributed by atoms with van der Waals surface area (Å²) in [6, 6.07) is 7.96. The summed E-state index contributed by atoms with van der Waals surface area (Å²) in [6.07, 6.45) is 13.3. The van der Waals surface area contributed by atoms with Gasteiger partial charge in [0, 0.05) is 42.4 Å². The minimum atomic E-state index is -0.163. The van der Waals surface area contributed by atoms with Crippen LogP contribution in [0.5, 0.6) is 0 Å². The summed E-state index contributed by atoms with van der Waals surface area (Å²) in [7, 11) is 1.90. The highest BCUT2D eigenvalue weighted by Gasteiger charge is 2.21. The first-order valence-corrected chi connectivity index (χ1v) is 12.6. The van der Waals surface area contributed by atoms with Gasteiger partial charge < -0.3 is 5.73 Å². The third-order valence-electron chi connectivity index (χ3n) is 6.63. The van der Waals surface area contributed by atoms with Crippen LogP contribution in [0.25, 0.3) is 22.0 Å². The van der Waals surface area contributed by atoms with Gasteiger partial charge in [-0.3, -0.25) is 20.5 Å². The summed E-state index contributed by atoms with van der Waals surface area (Å²) in [5.74, 6) is 0.922. The summed E-state index contributed by atoms with van der Waals surface area (Å²) >= 11 is 1.29. The SMILES string of the molecule is Cn1cc(-c2cnc3ccc(CC(=N)n4nc([C@H](N)CC5CCCCC5)sc4=N)cc3c2)cn1. The molecule has 9 heteroatoms. The lowest BCUT2D eigenvalue weighted by atomic mass is 9.85. The second kappa shape index (κ2) is 9.60. The summed E-state index contributed by atoms with van der Waals surface area (Å²) in [4.78, 5) is 4.83. The summed E-state index contributed by atoms with van der Waals surface area (Å²) in [5, 5.41) is 27.6. The van der Waals surface area contributed by atoms with E-state index in [1.54, 1.807) is 4.68 Å². The summed E-state index contributed by atoms with van der Waals surface area (Å²) in [6.45, 7) is 0. The Bertz CT molecular complexity index is 1380. The van der Waals surface area contributed by atoms with Crippen molar-refractivity contribution in [2.45, 2.75) is 51.0 Å². The van der Waals surface area contributed by atoms with E-state index in [0.29, 0.717) is 12.3 Å². The molecular weight excluding hydrogens is 444 g/mol. The van der Waals surface area contributed by atoms with Crippen LogP contribution in [-0.4, -0.2) is 30.4 Å². The molecule has 1 aliphatic carbocycles. The topological polar surface area (TPSA) is 122 Å². The standard InChI is InChI=1S/C25H30N8S/c1-32-15-20(14-30-32)19-12-18-9-17(7-8-22(18)29-13-19)11-23(27)33-25(28)34-24(31-33)21(26)10-16-5-3-2-4-6-16/h7-9,12-16,21,27-28H,2-6,10-11,26H2,1H3/t21-/m1/s1. The van der Waals surface area contributed by atoms with Gasteiger partial charge in [0.15, 0.2) is 0 Å². The summed E-state index contributed by atoms with van der Waals surface area (Å²) < 4.78 is 3.20. The van der Waals surface area contributed by atoms with Crippen molar-refractivity contribution in [3.63, 3.8) is 0 Å². The Morgan fingerprint density at radius 3 is 2.76 bits per heavy atom. The Kier molecular flexibility index (Phi) is 6.38. The van der Waals surface area contributed by atoms with Crippen molar-refractivity contribution >= 4 is 28.1 Å². The molecular formula is C25H30N8S. The number of nitrogens with two attached hydrogens (primary N) is 1. The van der Waals surface area contributed by atoms with E-state index in [9.17, 15) is 0 Å². The molecule has 34 heavy (non-hydrogen) atoms. The van der Waals surface area contributed by atoms with E-state index < -0.39 is 0 Å². The van der Waals surface area contributed by atoms with Crippen molar-refractivity contribution in [1.29, 1.82) is 10.8 Å². The van der Waals surface area contributed by atoms with E-state index in [0.717, 1.165) is 39.0 Å². The molecule has 8 nitrogen and oxygen atoms in total. The van der Waals surface area contributed by atoms with Gasteiger partial charge in [0.2, 0.25) is 4.80 Å². The molecule has 0 spiro atoms. The molecule has 1 fully saturated rings. The molecule has 0 unspecified atom stereocenters. The van der Waals surface area contributed by atoms with Gasteiger partial charge in [-0.2, -0.15) is 14.9 Å². The molecule has 4 aromatic rings. The quantitative estimate of drug-likeness (QED) is 0.283. The number of benzene rings is 1. The highest BCUT2D eigenvalue weighted by atomic mass is 32.1. The van der Waals surface area contributed by atoms with Gasteiger partial charge in [0.05, 0.1) is 17.8 Å². The Hall–Kier alpha value is -3.17. The maximum absolute atomic E-state index is 8.62. The van der Waals surface area contributed by atoms with Crippen molar-refractivity contribution in [3.8, 4) is 11.1 Å². The monoisotopic (exact) mass is 474 g/mol. The van der Waals surface area contributed by atoms with E-state index in [2.05, 4.69) is 27.3 Å². The number of fused-ring (bicyclic) bond motifs is 1. The smallest absolute Gasteiger partial charge is 0.206 e. The van der Waals surface area contributed by atoms with Crippen LogP contribution in [0.3, 0.4) is 0 Å². The number of nitrogens with zero attached hydrogens (tertiary/aromatic N) is 5. The second-order valence-corrected chi connectivity index (χ2v) is 10.3. The first-order valence-electron chi connectivity index (χ1n) is 11.8. The zero-order valence-corrected chi connectivity index (χ0v) is 20.2. The van der Waals surface area contributed by atoms with E-state index in [1.165, 1.54) is 48.1 Å². The average Bonchev–Trinajstić information content (AvgIpc) is 3.45.